The largest absolute Gasteiger partial charge is 0.497 e. The average Bonchev–Trinajstić information content (AvgIpc) is 3.52. The van der Waals surface area contributed by atoms with Crippen molar-refractivity contribution >= 4 is 11.6 Å². The predicted octanol–water partition coefficient (Wildman–Crippen LogP) is 3.91. The Hall–Kier alpha value is -3.60. The molecule has 0 spiro atoms. The number of nitrogens with one attached hydrogen (secondary N) is 1. The minimum Gasteiger partial charge on any atom is -0.497 e. The van der Waals surface area contributed by atoms with Crippen molar-refractivity contribution < 1.29 is 27.4 Å². The van der Waals surface area contributed by atoms with E-state index < -0.39 is 17.6 Å². The number of methoxy groups -OCH3 is 2. The van der Waals surface area contributed by atoms with Gasteiger partial charge in [-0.1, -0.05) is 0 Å². The minimum absolute atomic E-state index is 0.0000304. The molecule has 1 aromatic heterocycles. The number of alkyl halides is 3. The van der Waals surface area contributed by atoms with Crippen LogP contribution in [0.25, 0.3) is 5.69 Å². The molecular formula is C23H24F3N5O3. The van der Waals surface area contributed by atoms with Crippen molar-refractivity contribution in [1.29, 1.82) is 0 Å². The Balaban J connectivity index is 1.55. The molecule has 1 heterocycles. The number of nitrogens with zero attached hydrogens (tertiary/aromatic N) is 4. The van der Waals surface area contributed by atoms with Gasteiger partial charge in [-0.15, -0.1) is 0 Å². The lowest BCUT2D eigenvalue weighted by Crippen LogP contribution is -2.35. The molecule has 1 saturated carbocycles. The van der Waals surface area contributed by atoms with Crippen molar-refractivity contribution in [3.8, 4) is 17.2 Å². The fourth-order valence-corrected chi connectivity index (χ4v) is 3.70. The maximum absolute atomic E-state index is 13.3. The highest BCUT2D eigenvalue weighted by Crippen LogP contribution is 2.34. The van der Waals surface area contributed by atoms with Crippen LogP contribution in [0.1, 0.15) is 24.0 Å². The molecule has 0 unspecified atom stereocenters. The van der Waals surface area contributed by atoms with Gasteiger partial charge >= 0.3 is 6.18 Å². The van der Waals surface area contributed by atoms with Crippen molar-refractivity contribution in [3.63, 3.8) is 0 Å². The molecule has 1 aliphatic rings. The van der Waals surface area contributed by atoms with Crippen molar-refractivity contribution in [3.05, 3.63) is 60.2 Å². The van der Waals surface area contributed by atoms with Gasteiger partial charge in [0.15, 0.2) is 0 Å². The topological polar surface area (TPSA) is 81.5 Å². The van der Waals surface area contributed by atoms with Gasteiger partial charge in [0.05, 0.1) is 37.7 Å². The quantitative estimate of drug-likeness (QED) is 0.506. The van der Waals surface area contributed by atoms with E-state index in [1.807, 2.05) is 11.0 Å². The Morgan fingerprint density at radius 2 is 1.97 bits per heavy atom. The number of amides is 1. The van der Waals surface area contributed by atoms with Crippen LogP contribution in [-0.4, -0.2) is 52.4 Å². The van der Waals surface area contributed by atoms with E-state index in [9.17, 15) is 18.0 Å². The molecule has 0 atom stereocenters. The lowest BCUT2D eigenvalue weighted by molar-refractivity contribution is -0.137. The molecule has 0 aliphatic heterocycles. The van der Waals surface area contributed by atoms with Crippen molar-refractivity contribution in [2.45, 2.75) is 31.6 Å². The van der Waals surface area contributed by atoms with Gasteiger partial charge in [-0.2, -0.15) is 18.3 Å². The molecule has 0 bridgehead atoms. The number of carbonyl (C=O) groups excluding carboxylic acids is 1. The van der Waals surface area contributed by atoms with Crippen LogP contribution in [0.4, 0.5) is 18.9 Å². The summed E-state index contributed by atoms with van der Waals surface area (Å²) in [7, 11) is 3.14. The lowest BCUT2D eigenvalue weighted by atomic mass is 10.1. The summed E-state index contributed by atoms with van der Waals surface area (Å²) in [5.41, 5.74) is 0.266. The molecule has 1 aliphatic carbocycles. The van der Waals surface area contributed by atoms with E-state index in [0.29, 0.717) is 18.0 Å². The van der Waals surface area contributed by atoms with Crippen LogP contribution in [0.3, 0.4) is 0 Å². The highest BCUT2D eigenvalue weighted by molar-refractivity contribution is 5.94. The van der Waals surface area contributed by atoms with Gasteiger partial charge in [0.25, 0.3) is 0 Å². The fraction of sp³-hybridized carbons (Fsp3) is 0.348. The summed E-state index contributed by atoms with van der Waals surface area (Å²) in [6.45, 7) is 0.426. The van der Waals surface area contributed by atoms with Crippen molar-refractivity contribution in [1.82, 2.24) is 19.7 Å². The van der Waals surface area contributed by atoms with Gasteiger partial charge < -0.3 is 14.8 Å². The standard InChI is InChI=1S/C23H24F3N5O3/c1-33-18-6-8-21(34-2)15(9-18)11-30(17-4-5-17)12-22(32)29-19-10-16(23(24,25)26)3-7-20(19)31-14-27-13-28-31/h3,6-10,13-14,17H,4-5,11-12H2,1-2H3,(H,29,32). The third-order valence-corrected chi connectivity index (χ3v) is 5.53. The molecule has 0 saturated heterocycles. The van der Waals surface area contributed by atoms with E-state index >= 15 is 0 Å². The van der Waals surface area contributed by atoms with Crippen LogP contribution in [0.15, 0.2) is 49.1 Å². The first kappa shape index (κ1) is 23.6. The highest BCUT2D eigenvalue weighted by Gasteiger charge is 2.33. The highest BCUT2D eigenvalue weighted by atomic mass is 19.4. The Morgan fingerprint density at radius 3 is 2.59 bits per heavy atom. The Morgan fingerprint density at radius 1 is 1.18 bits per heavy atom. The third-order valence-electron chi connectivity index (χ3n) is 5.53. The van der Waals surface area contributed by atoms with Gasteiger partial charge in [-0.05, 0) is 49.2 Å². The van der Waals surface area contributed by atoms with Crippen LogP contribution < -0.4 is 14.8 Å². The third kappa shape index (κ3) is 5.48. The second-order valence-electron chi connectivity index (χ2n) is 7.93. The second kappa shape index (κ2) is 9.72. The van der Waals surface area contributed by atoms with Gasteiger partial charge in [0, 0.05) is 18.2 Å². The Labute approximate surface area is 194 Å². The average molecular weight is 475 g/mol. The molecule has 3 aromatic rings. The molecule has 34 heavy (non-hydrogen) atoms. The van der Waals surface area contributed by atoms with E-state index in [0.717, 1.165) is 30.5 Å². The van der Waals surface area contributed by atoms with Crippen LogP contribution in [0.5, 0.6) is 11.5 Å². The number of halogens is 3. The summed E-state index contributed by atoms with van der Waals surface area (Å²) < 4.78 is 51.9. The van der Waals surface area contributed by atoms with Crippen LogP contribution in [0.2, 0.25) is 0 Å². The number of benzene rings is 2. The first-order valence-corrected chi connectivity index (χ1v) is 10.6. The molecule has 4 rings (SSSR count). The molecule has 1 N–H and O–H groups in total. The van der Waals surface area contributed by atoms with E-state index in [1.54, 1.807) is 26.4 Å². The van der Waals surface area contributed by atoms with E-state index in [1.165, 1.54) is 23.4 Å². The van der Waals surface area contributed by atoms with E-state index in [-0.39, 0.29) is 24.0 Å². The molecule has 1 fully saturated rings. The number of hydrogen-bond acceptors (Lipinski definition) is 6. The predicted molar refractivity (Wildman–Crippen MR) is 118 cm³/mol. The summed E-state index contributed by atoms with van der Waals surface area (Å²) in [6, 6.07) is 8.74. The molecule has 1 amide bonds. The number of anilines is 1. The van der Waals surface area contributed by atoms with Crippen molar-refractivity contribution in [2.24, 2.45) is 0 Å². The van der Waals surface area contributed by atoms with Crippen LogP contribution in [0, 0.1) is 0 Å². The fourth-order valence-electron chi connectivity index (χ4n) is 3.70. The van der Waals surface area contributed by atoms with E-state index in [4.69, 9.17) is 9.47 Å². The normalized spacial score (nSPS) is 13.7. The molecule has 0 radical (unpaired) electrons. The summed E-state index contributed by atoms with van der Waals surface area (Å²) in [6.07, 6.45) is -0.0621. The molecular weight excluding hydrogens is 451 g/mol. The summed E-state index contributed by atoms with van der Waals surface area (Å²) in [5.74, 6) is 0.894. The first-order valence-electron chi connectivity index (χ1n) is 10.6. The summed E-state index contributed by atoms with van der Waals surface area (Å²) in [5, 5.41) is 6.61. The van der Waals surface area contributed by atoms with Gasteiger partial charge in [0.1, 0.15) is 24.2 Å². The Kier molecular flexibility index (Phi) is 6.73. The van der Waals surface area contributed by atoms with Gasteiger partial charge in [-0.3, -0.25) is 9.69 Å². The molecule has 8 nitrogen and oxygen atoms in total. The maximum Gasteiger partial charge on any atom is 0.416 e. The van der Waals surface area contributed by atoms with Gasteiger partial charge in [-0.25, -0.2) is 9.67 Å². The zero-order valence-corrected chi connectivity index (χ0v) is 18.7. The lowest BCUT2D eigenvalue weighted by Gasteiger charge is -2.23. The molecule has 11 heteroatoms. The van der Waals surface area contributed by atoms with Crippen LogP contribution in [-0.2, 0) is 17.5 Å². The van der Waals surface area contributed by atoms with Crippen molar-refractivity contribution in [2.75, 3.05) is 26.1 Å². The zero-order chi connectivity index (χ0) is 24.3. The van der Waals surface area contributed by atoms with Gasteiger partial charge in [0.2, 0.25) is 5.91 Å². The monoisotopic (exact) mass is 475 g/mol. The zero-order valence-electron chi connectivity index (χ0n) is 18.7. The SMILES string of the molecule is COc1ccc(OC)c(CN(CC(=O)Nc2cc(C(F)(F)F)ccc2-n2cncn2)C2CC2)c1. The summed E-state index contributed by atoms with van der Waals surface area (Å²) in [4.78, 5) is 18.8. The van der Waals surface area contributed by atoms with Crippen LogP contribution >= 0.6 is 0 Å². The number of carbonyl (C=O) groups is 1. The molecule has 180 valence electrons. The number of hydrogen-bond donors (Lipinski definition) is 1. The summed E-state index contributed by atoms with van der Waals surface area (Å²) >= 11 is 0. The Bertz CT molecular complexity index is 1150. The number of aromatic nitrogens is 3. The number of ether oxygens (including phenoxy) is 2. The number of rotatable bonds is 9. The second-order valence-corrected chi connectivity index (χ2v) is 7.93. The molecule has 2 aromatic carbocycles. The first-order chi connectivity index (χ1) is 16.3. The minimum atomic E-state index is -4.55. The van der Waals surface area contributed by atoms with E-state index in [2.05, 4.69) is 15.4 Å². The smallest absolute Gasteiger partial charge is 0.416 e. The maximum atomic E-state index is 13.3.